The quantitative estimate of drug-likeness (QED) is 0.905. The van der Waals surface area contributed by atoms with Crippen LogP contribution in [-0.2, 0) is 12.7 Å². The van der Waals surface area contributed by atoms with E-state index in [0.29, 0.717) is 12.1 Å². The first kappa shape index (κ1) is 14.4. The maximum atomic E-state index is 12.4. The molecule has 0 bridgehead atoms. The third-order valence-corrected chi connectivity index (χ3v) is 2.83. The number of nitrogens with one attached hydrogen (secondary N) is 1. The van der Waals surface area contributed by atoms with Crippen molar-refractivity contribution in [2.75, 3.05) is 5.32 Å². The third kappa shape index (κ3) is 3.73. The fourth-order valence-electron chi connectivity index (χ4n) is 1.98. The number of aryl methyl sites for hydroxylation is 2. The number of pyridine rings is 1. The first-order valence-corrected chi connectivity index (χ1v) is 6.19. The SMILES string of the molecule is Cc1cc(C)cc(NCc2ccc(C(F)(F)F)nc2)c1. The molecule has 0 saturated heterocycles. The molecule has 2 aromatic rings. The Morgan fingerprint density at radius 2 is 1.70 bits per heavy atom. The molecule has 0 aliphatic carbocycles. The number of nitrogens with zero attached hydrogens (tertiary/aromatic N) is 1. The molecule has 1 N–H and O–H groups in total. The van der Waals surface area contributed by atoms with Crippen LogP contribution in [-0.4, -0.2) is 4.98 Å². The van der Waals surface area contributed by atoms with Crippen molar-refractivity contribution in [3.8, 4) is 0 Å². The van der Waals surface area contributed by atoms with Crippen LogP contribution >= 0.6 is 0 Å². The second kappa shape index (κ2) is 5.53. The molecule has 1 heterocycles. The van der Waals surface area contributed by atoms with Crippen molar-refractivity contribution in [3.63, 3.8) is 0 Å². The van der Waals surface area contributed by atoms with Crippen LogP contribution in [0.4, 0.5) is 18.9 Å². The lowest BCUT2D eigenvalue weighted by Gasteiger charge is -2.10. The van der Waals surface area contributed by atoms with Gasteiger partial charge in [0.1, 0.15) is 5.69 Å². The van der Waals surface area contributed by atoms with E-state index in [-0.39, 0.29) is 0 Å². The van der Waals surface area contributed by atoms with E-state index in [2.05, 4.69) is 16.4 Å². The van der Waals surface area contributed by atoms with Crippen molar-refractivity contribution in [2.45, 2.75) is 26.6 Å². The Labute approximate surface area is 115 Å². The Balaban J connectivity index is 2.04. The zero-order valence-corrected chi connectivity index (χ0v) is 11.3. The topological polar surface area (TPSA) is 24.9 Å². The normalized spacial score (nSPS) is 11.4. The molecule has 2 rings (SSSR count). The van der Waals surface area contributed by atoms with Crippen molar-refractivity contribution in [1.82, 2.24) is 4.98 Å². The maximum absolute atomic E-state index is 12.4. The zero-order chi connectivity index (χ0) is 14.8. The molecule has 1 aromatic heterocycles. The van der Waals surface area contributed by atoms with Crippen molar-refractivity contribution in [3.05, 3.63) is 58.9 Å². The maximum Gasteiger partial charge on any atom is 0.433 e. The summed E-state index contributed by atoms with van der Waals surface area (Å²) < 4.78 is 37.1. The summed E-state index contributed by atoms with van der Waals surface area (Å²) in [6.07, 6.45) is -3.14. The Hall–Kier alpha value is -2.04. The Kier molecular flexibility index (Phi) is 3.97. The van der Waals surface area contributed by atoms with E-state index in [9.17, 15) is 13.2 Å². The van der Waals surface area contributed by atoms with Gasteiger partial charge in [-0.15, -0.1) is 0 Å². The fraction of sp³-hybridized carbons (Fsp3) is 0.267. The monoisotopic (exact) mass is 280 g/mol. The van der Waals surface area contributed by atoms with Gasteiger partial charge in [0.25, 0.3) is 0 Å². The molecular formula is C15H15F3N2. The smallest absolute Gasteiger partial charge is 0.381 e. The van der Waals surface area contributed by atoms with Crippen LogP contribution in [0.3, 0.4) is 0 Å². The molecule has 0 fully saturated rings. The van der Waals surface area contributed by atoms with E-state index in [1.54, 1.807) is 0 Å². The fourth-order valence-corrected chi connectivity index (χ4v) is 1.98. The Morgan fingerprint density at radius 1 is 1.05 bits per heavy atom. The molecule has 0 unspecified atom stereocenters. The molecule has 0 aliphatic rings. The van der Waals surface area contributed by atoms with Gasteiger partial charge in [0.15, 0.2) is 0 Å². The molecule has 0 spiro atoms. The average molecular weight is 280 g/mol. The molecule has 0 radical (unpaired) electrons. The van der Waals surface area contributed by atoms with Crippen LogP contribution in [0.15, 0.2) is 36.5 Å². The number of hydrogen-bond donors (Lipinski definition) is 1. The predicted octanol–water partition coefficient (Wildman–Crippen LogP) is 4.33. The minimum atomic E-state index is -4.39. The van der Waals surface area contributed by atoms with E-state index < -0.39 is 11.9 Å². The molecule has 5 heteroatoms. The van der Waals surface area contributed by atoms with Crippen LogP contribution < -0.4 is 5.32 Å². The van der Waals surface area contributed by atoms with Gasteiger partial charge in [-0.2, -0.15) is 13.2 Å². The minimum absolute atomic E-state index is 0.439. The summed E-state index contributed by atoms with van der Waals surface area (Å²) in [5.41, 5.74) is 3.06. The first-order valence-electron chi connectivity index (χ1n) is 6.19. The minimum Gasteiger partial charge on any atom is -0.381 e. The molecule has 0 aliphatic heterocycles. The number of benzene rings is 1. The van der Waals surface area contributed by atoms with Crippen molar-refractivity contribution >= 4 is 5.69 Å². The highest BCUT2D eigenvalue weighted by atomic mass is 19.4. The molecule has 106 valence electrons. The molecule has 0 amide bonds. The van der Waals surface area contributed by atoms with Gasteiger partial charge in [-0.05, 0) is 48.7 Å². The highest BCUT2D eigenvalue weighted by molar-refractivity contribution is 5.48. The first-order chi connectivity index (χ1) is 9.34. The highest BCUT2D eigenvalue weighted by Gasteiger charge is 2.31. The second-order valence-corrected chi connectivity index (χ2v) is 4.78. The summed E-state index contributed by atoms with van der Waals surface area (Å²) in [4.78, 5) is 3.43. The lowest BCUT2D eigenvalue weighted by atomic mass is 10.1. The van der Waals surface area contributed by atoms with Gasteiger partial charge >= 0.3 is 6.18 Å². The largest absolute Gasteiger partial charge is 0.433 e. The number of aromatic nitrogens is 1. The number of anilines is 1. The van der Waals surface area contributed by atoms with Crippen molar-refractivity contribution < 1.29 is 13.2 Å². The molecular weight excluding hydrogens is 265 g/mol. The second-order valence-electron chi connectivity index (χ2n) is 4.78. The highest BCUT2D eigenvalue weighted by Crippen LogP contribution is 2.27. The third-order valence-electron chi connectivity index (χ3n) is 2.83. The van der Waals surface area contributed by atoms with Gasteiger partial charge in [0.2, 0.25) is 0 Å². The van der Waals surface area contributed by atoms with Crippen LogP contribution in [0.2, 0.25) is 0 Å². The van der Waals surface area contributed by atoms with Crippen LogP contribution in [0.25, 0.3) is 0 Å². The van der Waals surface area contributed by atoms with E-state index in [1.165, 1.54) is 12.3 Å². The average Bonchev–Trinajstić information content (AvgIpc) is 2.35. The molecule has 0 atom stereocenters. The van der Waals surface area contributed by atoms with Gasteiger partial charge in [-0.1, -0.05) is 12.1 Å². The lowest BCUT2D eigenvalue weighted by Crippen LogP contribution is -2.08. The number of halogens is 3. The summed E-state index contributed by atoms with van der Waals surface area (Å²) in [5, 5.41) is 3.18. The van der Waals surface area contributed by atoms with Gasteiger partial charge in [0, 0.05) is 18.4 Å². The zero-order valence-electron chi connectivity index (χ0n) is 11.3. The predicted molar refractivity (Wildman–Crippen MR) is 72.5 cm³/mol. The van der Waals surface area contributed by atoms with E-state index in [1.807, 2.05) is 26.0 Å². The number of rotatable bonds is 3. The molecule has 0 saturated carbocycles. The standard InChI is InChI=1S/C15H15F3N2/c1-10-5-11(2)7-13(6-10)19-8-12-3-4-14(20-9-12)15(16,17)18/h3-7,9,19H,8H2,1-2H3. The van der Waals surface area contributed by atoms with Gasteiger partial charge < -0.3 is 5.32 Å². The van der Waals surface area contributed by atoms with Crippen LogP contribution in [0, 0.1) is 13.8 Å². The van der Waals surface area contributed by atoms with Gasteiger partial charge in [-0.25, -0.2) is 0 Å². The molecule has 2 nitrogen and oxygen atoms in total. The summed E-state index contributed by atoms with van der Waals surface area (Å²) in [6, 6.07) is 8.48. The van der Waals surface area contributed by atoms with E-state index in [0.717, 1.165) is 22.9 Å². The molecule has 1 aromatic carbocycles. The van der Waals surface area contributed by atoms with Crippen LogP contribution in [0.1, 0.15) is 22.4 Å². The lowest BCUT2D eigenvalue weighted by molar-refractivity contribution is -0.141. The van der Waals surface area contributed by atoms with Crippen molar-refractivity contribution in [1.29, 1.82) is 0 Å². The Morgan fingerprint density at radius 3 is 2.20 bits per heavy atom. The van der Waals surface area contributed by atoms with E-state index >= 15 is 0 Å². The molecule has 20 heavy (non-hydrogen) atoms. The number of hydrogen-bond acceptors (Lipinski definition) is 2. The summed E-state index contributed by atoms with van der Waals surface area (Å²) in [7, 11) is 0. The summed E-state index contributed by atoms with van der Waals surface area (Å²) in [5.74, 6) is 0. The van der Waals surface area contributed by atoms with Crippen molar-refractivity contribution in [2.24, 2.45) is 0 Å². The van der Waals surface area contributed by atoms with E-state index in [4.69, 9.17) is 0 Å². The van der Waals surface area contributed by atoms with Crippen LogP contribution in [0.5, 0.6) is 0 Å². The Bertz CT molecular complexity index is 569. The number of alkyl halides is 3. The van der Waals surface area contributed by atoms with Gasteiger partial charge in [-0.3, -0.25) is 4.98 Å². The summed E-state index contributed by atoms with van der Waals surface area (Å²) in [6.45, 7) is 4.43. The summed E-state index contributed by atoms with van der Waals surface area (Å²) >= 11 is 0. The van der Waals surface area contributed by atoms with Gasteiger partial charge in [0.05, 0.1) is 0 Å².